The number of rotatable bonds is 5. The predicted molar refractivity (Wildman–Crippen MR) is 112 cm³/mol. The minimum Gasteiger partial charge on any atom is -0.362 e. The molecule has 1 unspecified atom stereocenters. The predicted octanol–water partition coefficient (Wildman–Crippen LogP) is 4.94. The van der Waals surface area contributed by atoms with Gasteiger partial charge < -0.3 is 14.1 Å². The zero-order valence-corrected chi connectivity index (χ0v) is 17.4. The molecule has 0 bridgehead atoms. The zero-order chi connectivity index (χ0) is 19.7. The Kier molecular flexibility index (Phi) is 5.63. The van der Waals surface area contributed by atoms with E-state index < -0.39 is 6.10 Å². The third-order valence-electron chi connectivity index (χ3n) is 4.54. The fourth-order valence-electron chi connectivity index (χ4n) is 3.35. The molecule has 2 aromatic carbocycles. The molecule has 0 saturated carbocycles. The van der Waals surface area contributed by atoms with E-state index in [2.05, 4.69) is 15.9 Å². The molecule has 0 N–H and O–H groups in total. The van der Waals surface area contributed by atoms with Crippen molar-refractivity contribution in [1.82, 2.24) is 4.57 Å². The van der Waals surface area contributed by atoms with Crippen molar-refractivity contribution in [3.8, 4) is 11.1 Å². The molecule has 3 aromatic rings. The lowest BCUT2D eigenvalue weighted by molar-refractivity contribution is -0.121. The standard InChI is InChI=1S/C22H22BrNO3/c1-13(2)27-19(12-25)21-20(15-6-8-16(23)9-7-15)18-11-14(3)5-10-17(18)22(26)24(21)4/h5-13,19H,1-4H3. The van der Waals surface area contributed by atoms with E-state index in [-0.39, 0.29) is 11.7 Å². The van der Waals surface area contributed by atoms with Crippen LogP contribution in [-0.2, 0) is 16.6 Å². The number of ether oxygens (including phenoxy) is 1. The Morgan fingerprint density at radius 3 is 2.33 bits per heavy atom. The number of halogens is 1. The molecule has 0 aliphatic rings. The first-order chi connectivity index (χ1) is 12.8. The monoisotopic (exact) mass is 427 g/mol. The Morgan fingerprint density at radius 2 is 1.74 bits per heavy atom. The van der Waals surface area contributed by atoms with E-state index in [4.69, 9.17) is 4.74 Å². The van der Waals surface area contributed by atoms with Crippen LogP contribution in [0.25, 0.3) is 21.9 Å². The highest BCUT2D eigenvalue weighted by molar-refractivity contribution is 9.10. The lowest BCUT2D eigenvalue weighted by Crippen LogP contribution is -2.26. The van der Waals surface area contributed by atoms with E-state index in [0.29, 0.717) is 11.1 Å². The Balaban J connectivity index is 2.47. The molecule has 0 saturated heterocycles. The number of benzene rings is 2. The van der Waals surface area contributed by atoms with Gasteiger partial charge in [0.15, 0.2) is 12.4 Å². The van der Waals surface area contributed by atoms with Gasteiger partial charge >= 0.3 is 0 Å². The first kappa shape index (κ1) is 19.5. The molecular formula is C22H22BrNO3. The van der Waals surface area contributed by atoms with E-state index in [1.807, 2.05) is 63.2 Å². The molecule has 140 valence electrons. The number of aromatic nitrogens is 1. The number of carbonyl (C=O) groups excluding carboxylic acids is 1. The summed E-state index contributed by atoms with van der Waals surface area (Å²) in [6.45, 7) is 5.74. The van der Waals surface area contributed by atoms with Gasteiger partial charge in [-0.05, 0) is 49.9 Å². The van der Waals surface area contributed by atoms with Gasteiger partial charge in [-0.3, -0.25) is 4.79 Å². The first-order valence-corrected chi connectivity index (χ1v) is 9.62. The van der Waals surface area contributed by atoms with Crippen LogP contribution in [0.4, 0.5) is 0 Å². The quantitative estimate of drug-likeness (QED) is 0.541. The minimum absolute atomic E-state index is 0.139. The van der Waals surface area contributed by atoms with E-state index in [9.17, 15) is 9.59 Å². The molecule has 0 fully saturated rings. The number of hydrogen-bond acceptors (Lipinski definition) is 3. The second-order valence-corrected chi connectivity index (χ2v) is 7.84. The normalized spacial score (nSPS) is 12.5. The lowest BCUT2D eigenvalue weighted by atomic mass is 9.94. The first-order valence-electron chi connectivity index (χ1n) is 8.83. The second-order valence-electron chi connectivity index (χ2n) is 6.92. The van der Waals surface area contributed by atoms with Crippen molar-refractivity contribution >= 4 is 33.0 Å². The highest BCUT2D eigenvalue weighted by atomic mass is 79.9. The van der Waals surface area contributed by atoms with Crippen LogP contribution < -0.4 is 5.56 Å². The Bertz CT molecular complexity index is 1050. The van der Waals surface area contributed by atoms with Crippen molar-refractivity contribution in [1.29, 1.82) is 0 Å². The average Bonchev–Trinajstić information content (AvgIpc) is 2.63. The summed E-state index contributed by atoms with van der Waals surface area (Å²) in [6.07, 6.45) is -0.216. The largest absolute Gasteiger partial charge is 0.362 e. The topological polar surface area (TPSA) is 48.3 Å². The molecule has 4 nitrogen and oxygen atoms in total. The van der Waals surface area contributed by atoms with Crippen molar-refractivity contribution < 1.29 is 9.53 Å². The van der Waals surface area contributed by atoms with Gasteiger partial charge in [0.25, 0.3) is 5.56 Å². The van der Waals surface area contributed by atoms with Gasteiger partial charge in [-0.25, -0.2) is 0 Å². The average molecular weight is 428 g/mol. The Labute approximate surface area is 166 Å². The third kappa shape index (κ3) is 3.75. The molecule has 0 spiro atoms. The molecule has 27 heavy (non-hydrogen) atoms. The summed E-state index contributed by atoms with van der Waals surface area (Å²) in [6, 6.07) is 13.6. The van der Waals surface area contributed by atoms with Crippen molar-refractivity contribution in [2.24, 2.45) is 7.05 Å². The minimum atomic E-state index is -0.828. The maximum Gasteiger partial charge on any atom is 0.258 e. The molecule has 5 heteroatoms. The van der Waals surface area contributed by atoms with E-state index in [1.165, 1.54) is 4.57 Å². The molecule has 1 aromatic heterocycles. The molecular weight excluding hydrogens is 406 g/mol. The summed E-state index contributed by atoms with van der Waals surface area (Å²) >= 11 is 3.46. The number of aryl methyl sites for hydroxylation is 1. The van der Waals surface area contributed by atoms with Crippen LogP contribution in [0.5, 0.6) is 0 Å². The van der Waals surface area contributed by atoms with Crippen LogP contribution in [0.2, 0.25) is 0 Å². The van der Waals surface area contributed by atoms with Crippen LogP contribution in [0.15, 0.2) is 51.7 Å². The number of nitrogens with zero attached hydrogens (tertiary/aromatic N) is 1. The zero-order valence-electron chi connectivity index (χ0n) is 15.8. The summed E-state index contributed by atoms with van der Waals surface area (Å²) in [7, 11) is 1.69. The number of pyridine rings is 1. The van der Waals surface area contributed by atoms with Crippen molar-refractivity contribution in [3.05, 3.63) is 68.5 Å². The lowest BCUT2D eigenvalue weighted by Gasteiger charge is -2.23. The molecule has 0 aliphatic heterocycles. The van der Waals surface area contributed by atoms with Crippen LogP contribution in [0, 0.1) is 6.92 Å². The van der Waals surface area contributed by atoms with Gasteiger partial charge in [-0.1, -0.05) is 45.8 Å². The van der Waals surface area contributed by atoms with Gasteiger partial charge in [0.1, 0.15) is 0 Å². The van der Waals surface area contributed by atoms with Crippen LogP contribution in [0.1, 0.15) is 31.2 Å². The molecule has 3 rings (SSSR count). The van der Waals surface area contributed by atoms with Crippen molar-refractivity contribution in [3.63, 3.8) is 0 Å². The second kappa shape index (κ2) is 7.79. The van der Waals surface area contributed by atoms with Gasteiger partial charge in [0.05, 0.1) is 11.8 Å². The molecule has 1 atom stereocenters. The number of hydrogen-bond donors (Lipinski definition) is 0. The Morgan fingerprint density at radius 1 is 1.07 bits per heavy atom. The van der Waals surface area contributed by atoms with Crippen molar-refractivity contribution in [2.45, 2.75) is 33.0 Å². The van der Waals surface area contributed by atoms with Gasteiger partial charge in [0.2, 0.25) is 0 Å². The van der Waals surface area contributed by atoms with E-state index in [1.54, 1.807) is 7.05 Å². The summed E-state index contributed by atoms with van der Waals surface area (Å²) in [5, 5.41) is 1.45. The number of carbonyl (C=O) groups is 1. The molecule has 0 aliphatic carbocycles. The number of aldehydes is 1. The van der Waals surface area contributed by atoms with E-state index in [0.717, 1.165) is 32.8 Å². The fourth-order valence-corrected chi connectivity index (χ4v) is 3.62. The summed E-state index contributed by atoms with van der Waals surface area (Å²) in [5.41, 5.74) is 3.26. The fraction of sp³-hybridized carbons (Fsp3) is 0.273. The smallest absolute Gasteiger partial charge is 0.258 e. The number of fused-ring (bicyclic) bond motifs is 1. The van der Waals surface area contributed by atoms with Crippen LogP contribution in [-0.4, -0.2) is 17.0 Å². The SMILES string of the molecule is Cc1ccc2c(=O)n(C)c(C(C=O)OC(C)C)c(-c3ccc(Br)cc3)c2c1. The highest BCUT2D eigenvalue weighted by Gasteiger charge is 2.24. The van der Waals surface area contributed by atoms with Crippen LogP contribution in [0.3, 0.4) is 0 Å². The van der Waals surface area contributed by atoms with Crippen LogP contribution >= 0.6 is 15.9 Å². The maximum atomic E-state index is 13.0. The van der Waals surface area contributed by atoms with Crippen molar-refractivity contribution in [2.75, 3.05) is 0 Å². The molecule has 0 radical (unpaired) electrons. The van der Waals surface area contributed by atoms with Gasteiger partial charge in [-0.2, -0.15) is 0 Å². The summed E-state index contributed by atoms with van der Waals surface area (Å²) in [4.78, 5) is 24.9. The van der Waals surface area contributed by atoms with E-state index >= 15 is 0 Å². The third-order valence-corrected chi connectivity index (χ3v) is 5.07. The molecule has 0 amide bonds. The maximum absolute atomic E-state index is 13.0. The van der Waals surface area contributed by atoms with Gasteiger partial charge in [-0.15, -0.1) is 0 Å². The Hall–Kier alpha value is -2.24. The molecule has 1 heterocycles. The summed E-state index contributed by atoms with van der Waals surface area (Å²) < 4.78 is 8.35. The highest BCUT2D eigenvalue weighted by Crippen LogP contribution is 2.35. The summed E-state index contributed by atoms with van der Waals surface area (Å²) in [5.74, 6) is 0. The van der Waals surface area contributed by atoms with Gasteiger partial charge in [0, 0.05) is 22.5 Å².